The van der Waals surface area contributed by atoms with Gasteiger partial charge < -0.3 is 9.47 Å². The molecular formula is C10H13ClO3S. The van der Waals surface area contributed by atoms with Crippen molar-refractivity contribution in [1.29, 1.82) is 0 Å². The first-order valence-corrected chi connectivity index (χ1v) is 6.55. The van der Waals surface area contributed by atoms with Gasteiger partial charge in [-0.05, 0) is 25.7 Å². The molecule has 0 aromatic heterocycles. The van der Waals surface area contributed by atoms with Crippen LogP contribution in [-0.4, -0.2) is 34.2 Å². The highest BCUT2D eigenvalue weighted by molar-refractivity contribution is 8.00. The van der Waals surface area contributed by atoms with E-state index in [0.29, 0.717) is 10.5 Å². The van der Waals surface area contributed by atoms with Gasteiger partial charge in [-0.1, -0.05) is 11.6 Å². The molecule has 3 aliphatic rings. The Balaban J connectivity index is 1.81. The second-order valence-corrected chi connectivity index (χ2v) is 6.69. The minimum absolute atomic E-state index is 0.418. The minimum atomic E-state index is -1.18. The highest BCUT2D eigenvalue weighted by Crippen LogP contribution is 2.64. The van der Waals surface area contributed by atoms with Crippen LogP contribution in [0.25, 0.3) is 0 Å². The van der Waals surface area contributed by atoms with E-state index in [1.54, 1.807) is 0 Å². The molecule has 0 aromatic rings. The number of rotatable bonds is 1. The maximum absolute atomic E-state index is 11.5. The summed E-state index contributed by atoms with van der Waals surface area (Å²) in [6, 6.07) is 0. The Labute approximate surface area is 97.8 Å². The predicted octanol–water partition coefficient (Wildman–Crippen LogP) is 1.92. The van der Waals surface area contributed by atoms with E-state index in [4.69, 9.17) is 21.1 Å². The Bertz CT molecular complexity index is 310. The van der Waals surface area contributed by atoms with Crippen molar-refractivity contribution in [1.82, 2.24) is 0 Å². The summed E-state index contributed by atoms with van der Waals surface area (Å²) in [5.41, 5.74) is -0.418. The quantitative estimate of drug-likeness (QED) is 0.404. The fraction of sp³-hybridized carbons (Fsp3) is 0.900. The lowest BCUT2D eigenvalue weighted by Crippen LogP contribution is -2.35. The smallest absolute Gasteiger partial charge is 0.357 e. The van der Waals surface area contributed by atoms with Gasteiger partial charge in [0.2, 0.25) is 0 Å². The number of carbonyl (C=O) groups excluding carboxylic acids is 1. The summed E-state index contributed by atoms with van der Waals surface area (Å²) in [5, 5.41) is 0.0619. The van der Waals surface area contributed by atoms with Crippen LogP contribution in [0.3, 0.4) is 0 Å². The second-order valence-electron chi connectivity index (χ2n) is 4.55. The van der Waals surface area contributed by atoms with Gasteiger partial charge in [0.05, 0.1) is 7.11 Å². The third-order valence-electron chi connectivity index (χ3n) is 3.64. The maximum atomic E-state index is 11.5. The van der Waals surface area contributed by atoms with E-state index in [2.05, 4.69) is 0 Å². The molecule has 2 bridgehead atoms. The van der Waals surface area contributed by atoms with Crippen molar-refractivity contribution in [2.45, 2.75) is 46.8 Å². The second kappa shape index (κ2) is 3.05. The molecular weight excluding hydrogens is 236 g/mol. The average Bonchev–Trinajstić information content (AvgIpc) is 2.60. The topological polar surface area (TPSA) is 38.8 Å². The molecule has 3 unspecified atom stereocenters. The van der Waals surface area contributed by atoms with Crippen LogP contribution in [0.15, 0.2) is 0 Å². The van der Waals surface area contributed by atoms with E-state index in [-0.39, 0.29) is 0 Å². The van der Waals surface area contributed by atoms with Gasteiger partial charge >= 0.3 is 5.97 Å². The molecule has 3 saturated heterocycles. The van der Waals surface area contributed by atoms with Gasteiger partial charge in [0.15, 0.2) is 0 Å². The minimum Gasteiger partial charge on any atom is -0.466 e. The van der Waals surface area contributed by atoms with Crippen molar-refractivity contribution in [2.75, 3.05) is 7.11 Å². The fourth-order valence-corrected chi connectivity index (χ4v) is 5.05. The number of thioether (sulfide) groups is 1. The van der Waals surface area contributed by atoms with E-state index in [9.17, 15) is 4.79 Å². The average molecular weight is 249 g/mol. The van der Waals surface area contributed by atoms with E-state index in [1.807, 2.05) is 11.8 Å². The third kappa shape index (κ3) is 1.28. The molecule has 0 aliphatic carbocycles. The molecule has 3 fully saturated rings. The zero-order valence-electron chi connectivity index (χ0n) is 8.49. The first-order chi connectivity index (χ1) is 7.10. The van der Waals surface area contributed by atoms with Gasteiger partial charge in [-0.15, -0.1) is 0 Å². The molecule has 3 nitrogen and oxygen atoms in total. The van der Waals surface area contributed by atoms with Crippen molar-refractivity contribution in [3.8, 4) is 0 Å². The number of methoxy groups -OCH3 is 1. The van der Waals surface area contributed by atoms with Crippen LogP contribution < -0.4 is 0 Å². The molecule has 3 atom stereocenters. The number of hydrogen-bond acceptors (Lipinski definition) is 4. The number of ether oxygens (including phenoxy) is 2. The van der Waals surface area contributed by atoms with Crippen LogP contribution >= 0.6 is 23.4 Å². The largest absolute Gasteiger partial charge is 0.466 e. The summed E-state index contributed by atoms with van der Waals surface area (Å²) < 4.78 is 10.2. The Hall–Kier alpha value is 0.0700. The van der Waals surface area contributed by atoms with Crippen LogP contribution in [-0.2, 0) is 14.3 Å². The van der Waals surface area contributed by atoms with Gasteiger partial charge in [0.25, 0.3) is 5.06 Å². The molecule has 0 amide bonds. The molecule has 84 valence electrons. The first-order valence-electron chi connectivity index (χ1n) is 5.23. The van der Waals surface area contributed by atoms with Crippen molar-refractivity contribution in [2.24, 2.45) is 0 Å². The summed E-state index contributed by atoms with van der Waals surface area (Å²) in [5.74, 6) is -0.435. The number of fused-ring (bicyclic) bond motifs is 2. The van der Waals surface area contributed by atoms with Crippen LogP contribution in [0.1, 0.15) is 25.7 Å². The van der Waals surface area contributed by atoms with Crippen molar-refractivity contribution >= 4 is 29.3 Å². The molecule has 3 aliphatic heterocycles. The van der Waals surface area contributed by atoms with Crippen LogP contribution in [0.5, 0.6) is 0 Å². The lowest BCUT2D eigenvalue weighted by Gasteiger charge is -2.25. The number of carbonyl (C=O) groups is 1. The van der Waals surface area contributed by atoms with Gasteiger partial charge in [0, 0.05) is 10.5 Å². The Kier molecular flexibility index (Phi) is 2.08. The van der Waals surface area contributed by atoms with Crippen LogP contribution in [0, 0.1) is 0 Å². The van der Waals surface area contributed by atoms with Gasteiger partial charge in [-0.3, -0.25) is 0 Å². The molecule has 0 N–H and O–H groups in total. The number of halogens is 1. The zero-order valence-corrected chi connectivity index (χ0v) is 10.1. The molecule has 0 radical (unpaired) electrons. The number of esters is 1. The normalized spacial score (nSPS) is 51.9. The van der Waals surface area contributed by atoms with Gasteiger partial charge in [-0.2, -0.15) is 11.8 Å². The molecule has 1 spiro atoms. The molecule has 15 heavy (non-hydrogen) atoms. The van der Waals surface area contributed by atoms with Crippen LogP contribution in [0.2, 0.25) is 0 Å². The van der Waals surface area contributed by atoms with E-state index in [0.717, 1.165) is 12.8 Å². The molecule has 0 saturated carbocycles. The van der Waals surface area contributed by atoms with Gasteiger partial charge in [-0.25, -0.2) is 4.79 Å². The summed E-state index contributed by atoms with van der Waals surface area (Å²) in [6.45, 7) is 0. The molecule has 3 rings (SSSR count). The lowest BCUT2D eigenvalue weighted by atomic mass is 9.95. The highest BCUT2D eigenvalue weighted by atomic mass is 35.5. The van der Waals surface area contributed by atoms with Gasteiger partial charge in [0.1, 0.15) is 5.60 Å². The van der Waals surface area contributed by atoms with E-state index >= 15 is 0 Å². The van der Waals surface area contributed by atoms with Crippen molar-refractivity contribution in [3.63, 3.8) is 0 Å². The molecule has 0 aromatic carbocycles. The maximum Gasteiger partial charge on any atom is 0.357 e. The summed E-state index contributed by atoms with van der Waals surface area (Å²) in [4.78, 5) is 11.5. The summed E-state index contributed by atoms with van der Waals surface area (Å²) in [6.07, 6.45) is 4.25. The lowest BCUT2D eigenvalue weighted by molar-refractivity contribution is -0.143. The monoisotopic (exact) mass is 248 g/mol. The Morgan fingerprint density at radius 2 is 2.07 bits per heavy atom. The third-order valence-corrected chi connectivity index (χ3v) is 5.79. The fourth-order valence-electron chi connectivity index (χ4n) is 2.85. The first kappa shape index (κ1) is 10.2. The number of alkyl halides is 1. The highest BCUT2D eigenvalue weighted by Gasteiger charge is 2.77. The number of epoxide rings is 1. The predicted molar refractivity (Wildman–Crippen MR) is 58.1 cm³/mol. The van der Waals surface area contributed by atoms with E-state index in [1.165, 1.54) is 20.0 Å². The number of hydrogen-bond donors (Lipinski definition) is 0. The standard InChI is InChI=1S/C10H13ClO3S/c1-13-8(12)10(11)9(14-10)4-6-2-3-7(5-9)15-6/h6-7H,2-5H2,1H3. The zero-order chi connectivity index (χ0) is 10.7. The molecule has 5 heteroatoms. The van der Waals surface area contributed by atoms with Crippen molar-refractivity contribution < 1.29 is 14.3 Å². The Morgan fingerprint density at radius 1 is 1.47 bits per heavy atom. The molecule has 3 heterocycles. The Morgan fingerprint density at radius 3 is 2.60 bits per heavy atom. The summed E-state index contributed by atoms with van der Waals surface area (Å²) >= 11 is 8.21. The SMILES string of the molecule is COC(=O)C1(Cl)OC12CC1CCC(C2)S1. The summed E-state index contributed by atoms with van der Waals surface area (Å²) in [7, 11) is 1.36. The van der Waals surface area contributed by atoms with Crippen molar-refractivity contribution in [3.05, 3.63) is 0 Å². The van der Waals surface area contributed by atoms with E-state index < -0.39 is 16.6 Å². The van der Waals surface area contributed by atoms with Crippen LogP contribution in [0.4, 0.5) is 0 Å².